The molecule has 1 N–H and O–H groups in total. The van der Waals surface area contributed by atoms with Gasteiger partial charge in [0.25, 0.3) is 0 Å². The number of methoxy groups -OCH3 is 1. The number of aromatic nitrogens is 2. The van der Waals surface area contributed by atoms with Crippen molar-refractivity contribution in [2.24, 2.45) is 0 Å². The first-order chi connectivity index (χ1) is 10.3. The molecule has 0 aliphatic heterocycles. The summed E-state index contributed by atoms with van der Waals surface area (Å²) < 4.78 is 29.9. The van der Waals surface area contributed by atoms with Gasteiger partial charge in [0, 0.05) is 13.1 Å². The van der Waals surface area contributed by atoms with Crippen molar-refractivity contribution in [1.29, 1.82) is 0 Å². The zero-order valence-electron chi connectivity index (χ0n) is 12.2. The Morgan fingerprint density at radius 1 is 1.36 bits per heavy atom. The van der Waals surface area contributed by atoms with Gasteiger partial charge in [-0.25, -0.2) is 18.4 Å². The quantitative estimate of drug-likeness (QED) is 0.897. The largest absolute Gasteiger partial charge is 0.497 e. The fourth-order valence-corrected chi connectivity index (χ4v) is 2.38. The molecule has 2 aromatic rings. The first-order valence-electron chi connectivity index (χ1n) is 6.17. The summed E-state index contributed by atoms with van der Waals surface area (Å²) in [5, 5.41) is 3.33. The third kappa shape index (κ3) is 3.58. The highest BCUT2D eigenvalue weighted by Crippen LogP contribution is 2.34. The summed E-state index contributed by atoms with van der Waals surface area (Å²) in [4.78, 5) is 7.83. The highest BCUT2D eigenvalue weighted by Gasteiger charge is 2.18. The number of anilines is 3. The Morgan fingerprint density at radius 2 is 2.09 bits per heavy atom. The molecule has 0 atom stereocenters. The van der Waals surface area contributed by atoms with Gasteiger partial charge in [-0.15, -0.1) is 0 Å². The van der Waals surface area contributed by atoms with Crippen LogP contribution >= 0.6 is 11.6 Å². The fourth-order valence-electron chi connectivity index (χ4n) is 1.72. The van der Waals surface area contributed by atoms with Gasteiger partial charge in [0.2, 0.25) is 10.0 Å². The molecule has 22 heavy (non-hydrogen) atoms. The topological polar surface area (TPSA) is 84.4 Å². The van der Waals surface area contributed by atoms with Crippen LogP contribution in [0, 0.1) is 0 Å². The lowest BCUT2D eigenvalue weighted by Crippen LogP contribution is -2.25. The second-order valence-electron chi connectivity index (χ2n) is 4.46. The second kappa shape index (κ2) is 6.37. The van der Waals surface area contributed by atoms with Crippen LogP contribution in [0.4, 0.5) is 17.2 Å². The number of nitrogens with zero attached hydrogens (tertiary/aromatic N) is 3. The first-order valence-corrected chi connectivity index (χ1v) is 8.40. The summed E-state index contributed by atoms with van der Waals surface area (Å²) in [6.45, 7) is 0. The molecule has 0 aliphatic rings. The maximum atomic E-state index is 11.8. The van der Waals surface area contributed by atoms with E-state index in [0.717, 1.165) is 10.6 Å². The van der Waals surface area contributed by atoms with Crippen molar-refractivity contribution in [3.8, 4) is 5.75 Å². The predicted octanol–water partition coefficient (Wildman–Crippen LogP) is 2.28. The molecule has 118 valence electrons. The predicted molar refractivity (Wildman–Crippen MR) is 86.6 cm³/mol. The van der Waals surface area contributed by atoms with Crippen LogP contribution in [0.5, 0.6) is 5.75 Å². The molecule has 0 unspecified atom stereocenters. The number of rotatable bonds is 5. The zero-order chi connectivity index (χ0) is 16.3. The zero-order valence-corrected chi connectivity index (χ0v) is 13.8. The molecule has 0 radical (unpaired) electrons. The molecule has 7 nitrogen and oxygen atoms in total. The standard InChI is InChI=1S/C13H15ClN4O3S/c1-18(22(3,19)20)12-6-9(21-2)4-5-11(12)17-13-10(14)7-15-8-16-13/h4-8H,1-3H3,(H,15,16,17). The average Bonchev–Trinajstić information content (AvgIpc) is 2.48. The van der Waals surface area contributed by atoms with Crippen LogP contribution in [-0.4, -0.2) is 38.8 Å². The van der Waals surface area contributed by atoms with Crippen LogP contribution in [-0.2, 0) is 10.0 Å². The number of halogens is 1. The maximum Gasteiger partial charge on any atom is 0.232 e. The SMILES string of the molecule is COc1ccc(Nc2ncncc2Cl)c(N(C)S(C)(=O)=O)c1. The van der Waals surface area contributed by atoms with E-state index in [4.69, 9.17) is 16.3 Å². The van der Waals surface area contributed by atoms with Crippen molar-refractivity contribution in [3.05, 3.63) is 35.7 Å². The lowest BCUT2D eigenvalue weighted by atomic mass is 10.2. The molecule has 0 fully saturated rings. The second-order valence-corrected chi connectivity index (χ2v) is 6.88. The third-order valence-electron chi connectivity index (χ3n) is 2.96. The van der Waals surface area contributed by atoms with Crippen LogP contribution in [0.3, 0.4) is 0 Å². The Hall–Kier alpha value is -2.06. The van der Waals surface area contributed by atoms with E-state index in [2.05, 4.69) is 15.3 Å². The molecule has 0 aliphatic carbocycles. The third-order valence-corrected chi connectivity index (χ3v) is 4.43. The molecule has 0 bridgehead atoms. The van der Waals surface area contributed by atoms with E-state index in [1.165, 1.54) is 26.7 Å². The van der Waals surface area contributed by atoms with Crippen molar-refractivity contribution >= 4 is 38.8 Å². The van der Waals surface area contributed by atoms with E-state index in [1.807, 2.05) is 0 Å². The number of ether oxygens (including phenoxy) is 1. The Bertz CT molecular complexity index is 783. The Morgan fingerprint density at radius 3 is 2.68 bits per heavy atom. The first kappa shape index (κ1) is 16.3. The van der Waals surface area contributed by atoms with Gasteiger partial charge in [0.1, 0.15) is 17.1 Å². The number of hydrogen-bond acceptors (Lipinski definition) is 6. The highest BCUT2D eigenvalue weighted by molar-refractivity contribution is 7.92. The van der Waals surface area contributed by atoms with Gasteiger partial charge >= 0.3 is 0 Å². The van der Waals surface area contributed by atoms with Gasteiger partial charge in [-0.2, -0.15) is 0 Å². The molecular formula is C13H15ClN4O3S. The average molecular weight is 343 g/mol. The molecule has 1 aromatic carbocycles. The van der Waals surface area contributed by atoms with Crippen LogP contribution in [0.1, 0.15) is 0 Å². The smallest absolute Gasteiger partial charge is 0.232 e. The van der Waals surface area contributed by atoms with E-state index < -0.39 is 10.0 Å². The van der Waals surface area contributed by atoms with E-state index >= 15 is 0 Å². The Labute approximate surface area is 134 Å². The lowest BCUT2D eigenvalue weighted by molar-refractivity contribution is 0.415. The number of benzene rings is 1. The summed E-state index contributed by atoms with van der Waals surface area (Å²) in [5.74, 6) is 0.912. The van der Waals surface area contributed by atoms with E-state index in [-0.39, 0.29) is 0 Å². The van der Waals surface area contributed by atoms with Gasteiger partial charge in [0.15, 0.2) is 5.82 Å². The van der Waals surface area contributed by atoms with Crippen LogP contribution < -0.4 is 14.4 Å². The van der Waals surface area contributed by atoms with Gasteiger partial charge in [-0.1, -0.05) is 11.6 Å². The van der Waals surface area contributed by atoms with Crippen molar-refractivity contribution in [2.75, 3.05) is 30.0 Å². The van der Waals surface area contributed by atoms with Gasteiger partial charge < -0.3 is 10.1 Å². The van der Waals surface area contributed by atoms with Crippen LogP contribution in [0.25, 0.3) is 0 Å². The summed E-state index contributed by atoms with van der Waals surface area (Å²) in [5.41, 5.74) is 0.936. The van der Waals surface area contributed by atoms with Gasteiger partial charge in [0.05, 0.1) is 30.9 Å². The normalized spacial score (nSPS) is 11.1. The Kier molecular flexibility index (Phi) is 4.72. The Balaban J connectivity index is 2.49. The summed E-state index contributed by atoms with van der Waals surface area (Å²) in [7, 11) is -0.471. The minimum atomic E-state index is -3.43. The number of nitrogens with one attached hydrogen (secondary N) is 1. The molecule has 9 heteroatoms. The number of hydrogen-bond donors (Lipinski definition) is 1. The van der Waals surface area contributed by atoms with Crippen molar-refractivity contribution < 1.29 is 13.2 Å². The number of sulfonamides is 1. The van der Waals surface area contributed by atoms with E-state index in [0.29, 0.717) is 28.0 Å². The summed E-state index contributed by atoms with van der Waals surface area (Å²) in [6, 6.07) is 5.00. The molecular weight excluding hydrogens is 328 g/mol. The summed E-state index contributed by atoms with van der Waals surface area (Å²) in [6.07, 6.45) is 3.91. The van der Waals surface area contributed by atoms with Crippen LogP contribution in [0.2, 0.25) is 5.02 Å². The van der Waals surface area contributed by atoms with E-state index in [1.54, 1.807) is 18.2 Å². The van der Waals surface area contributed by atoms with E-state index in [9.17, 15) is 8.42 Å². The molecule has 0 saturated heterocycles. The van der Waals surface area contributed by atoms with Gasteiger partial charge in [-0.05, 0) is 12.1 Å². The molecule has 2 rings (SSSR count). The van der Waals surface area contributed by atoms with Crippen molar-refractivity contribution in [1.82, 2.24) is 9.97 Å². The molecule has 1 heterocycles. The highest BCUT2D eigenvalue weighted by atomic mass is 35.5. The lowest BCUT2D eigenvalue weighted by Gasteiger charge is -2.21. The van der Waals surface area contributed by atoms with Gasteiger partial charge in [-0.3, -0.25) is 4.31 Å². The van der Waals surface area contributed by atoms with Crippen LogP contribution in [0.15, 0.2) is 30.7 Å². The maximum absolute atomic E-state index is 11.8. The fraction of sp³-hybridized carbons (Fsp3) is 0.231. The summed E-state index contributed by atoms with van der Waals surface area (Å²) >= 11 is 6.01. The minimum Gasteiger partial charge on any atom is -0.497 e. The monoisotopic (exact) mass is 342 g/mol. The molecule has 0 amide bonds. The molecule has 1 aromatic heterocycles. The van der Waals surface area contributed by atoms with Crippen molar-refractivity contribution in [2.45, 2.75) is 0 Å². The van der Waals surface area contributed by atoms with Crippen molar-refractivity contribution in [3.63, 3.8) is 0 Å². The molecule has 0 spiro atoms. The molecule has 0 saturated carbocycles. The minimum absolute atomic E-state index is 0.325.